The van der Waals surface area contributed by atoms with Crippen molar-refractivity contribution in [3.8, 4) is 11.4 Å². The summed E-state index contributed by atoms with van der Waals surface area (Å²) >= 11 is 0. The molecule has 0 aliphatic carbocycles. The zero-order valence-electron chi connectivity index (χ0n) is 32.4. The summed E-state index contributed by atoms with van der Waals surface area (Å²) in [6, 6.07) is 21.1. The predicted octanol–water partition coefficient (Wildman–Crippen LogP) is 3.70. The van der Waals surface area contributed by atoms with Crippen LogP contribution >= 0.6 is 0 Å². The number of hydrogen-bond donors (Lipinski definition) is 1. The first-order valence-corrected chi connectivity index (χ1v) is 20.3. The van der Waals surface area contributed by atoms with Crippen LogP contribution in [0.5, 0.6) is 0 Å². The summed E-state index contributed by atoms with van der Waals surface area (Å²) in [5, 5.41) is 7.27. The van der Waals surface area contributed by atoms with Gasteiger partial charge in [0.05, 0.1) is 41.8 Å². The number of halogens is 1. The number of pyridine rings is 1. The van der Waals surface area contributed by atoms with Crippen LogP contribution in [0.2, 0.25) is 0 Å². The highest BCUT2D eigenvalue weighted by molar-refractivity contribution is 6.23. The first-order chi connectivity index (χ1) is 28.8. The molecule has 5 aromatic rings. The number of morpholine rings is 1. The van der Waals surface area contributed by atoms with E-state index in [2.05, 4.69) is 29.9 Å². The maximum absolute atomic E-state index is 14.1. The van der Waals surface area contributed by atoms with E-state index in [-0.39, 0.29) is 41.9 Å². The van der Waals surface area contributed by atoms with E-state index in [1.807, 2.05) is 53.2 Å². The largest absolute Gasteiger partial charge is 0.373 e. The summed E-state index contributed by atoms with van der Waals surface area (Å²) < 4.78 is 22.2. The predicted molar refractivity (Wildman–Crippen MR) is 216 cm³/mol. The van der Waals surface area contributed by atoms with Crippen molar-refractivity contribution in [2.24, 2.45) is 0 Å². The van der Waals surface area contributed by atoms with Crippen LogP contribution in [0, 0.1) is 5.82 Å². The van der Waals surface area contributed by atoms with Crippen LogP contribution in [0.1, 0.15) is 58.0 Å². The lowest BCUT2D eigenvalue weighted by molar-refractivity contribution is -0.136. The molecule has 5 aliphatic rings. The van der Waals surface area contributed by atoms with Crippen molar-refractivity contribution in [3.05, 3.63) is 102 Å². The summed E-state index contributed by atoms with van der Waals surface area (Å²) in [6.07, 6.45) is 3.89. The molecule has 3 aromatic heterocycles. The van der Waals surface area contributed by atoms with E-state index < -0.39 is 29.7 Å². The molecule has 16 heteroatoms. The second kappa shape index (κ2) is 15.2. The molecule has 3 atom stereocenters. The lowest BCUT2D eigenvalue weighted by atomic mass is 10.0. The van der Waals surface area contributed by atoms with Gasteiger partial charge in [-0.05, 0) is 79.4 Å². The normalized spacial score (nSPS) is 22.8. The standard InChI is InChI=1S/C43H43FN10O5/c44-28-5-1-4-27(22-28)34-7-3-15-52(34)39-13-12-37-45-24-36(54(37)48-39)33-6-2-8-38(46-33)50-18-16-49(17-19-50)25-30-26-51(20-21-59-30)29-9-10-31-32(23-29)43(58)53(42(31)57)35-11-14-40(55)47-41(35)56/h1-2,4-6,8-10,12-13,22-24,30,34-35H,3,7,11,14-21,25-26H2,(H,47,55,56). The van der Waals surface area contributed by atoms with Gasteiger partial charge in [0.25, 0.3) is 11.8 Å². The van der Waals surface area contributed by atoms with Crippen LogP contribution < -0.4 is 20.0 Å². The van der Waals surface area contributed by atoms with E-state index in [4.69, 9.17) is 14.8 Å². The average Bonchev–Trinajstić information content (AvgIpc) is 3.98. The van der Waals surface area contributed by atoms with E-state index in [9.17, 15) is 23.6 Å². The third-order valence-electron chi connectivity index (χ3n) is 12.2. The van der Waals surface area contributed by atoms with Gasteiger partial charge in [0.2, 0.25) is 11.8 Å². The van der Waals surface area contributed by atoms with Gasteiger partial charge >= 0.3 is 0 Å². The highest BCUT2D eigenvalue weighted by Gasteiger charge is 2.45. The van der Waals surface area contributed by atoms with Crippen molar-refractivity contribution < 1.29 is 28.3 Å². The van der Waals surface area contributed by atoms with Crippen LogP contribution in [0.15, 0.2) is 79.0 Å². The topological polar surface area (TPSA) is 149 Å². The molecule has 8 heterocycles. The molecule has 4 fully saturated rings. The monoisotopic (exact) mass is 798 g/mol. The number of imide groups is 2. The molecule has 3 unspecified atom stereocenters. The molecular formula is C43H43FN10O5. The zero-order valence-corrected chi connectivity index (χ0v) is 32.4. The molecule has 0 saturated carbocycles. The fourth-order valence-corrected chi connectivity index (χ4v) is 9.20. The molecule has 0 spiro atoms. The number of fused-ring (bicyclic) bond motifs is 2. The fourth-order valence-electron chi connectivity index (χ4n) is 9.20. The lowest BCUT2D eigenvalue weighted by Crippen LogP contribution is -2.54. The van der Waals surface area contributed by atoms with E-state index in [0.29, 0.717) is 19.7 Å². The molecule has 0 bridgehead atoms. The third-order valence-corrected chi connectivity index (χ3v) is 12.2. The SMILES string of the molecule is O=C1CCC(N2C(=O)c3ccc(N4CCOC(CN5CCN(c6cccc(-c7cnc8ccc(N9CCCC9c9cccc(F)c9)nn78)n6)CC5)C4)cc3C2=O)C(=O)N1. The van der Waals surface area contributed by atoms with Crippen LogP contribution in [0.3, 0.4) is 0 Å². The first kappa shape index (κ1) is 37.0. The van der Waals surface area contributed by atoms with Crippen LogP contribution in [-0.4, -0.2) is 124 Å². The van der Waals surface area contributed by atoms with E-state index in [1.54, 1.807) is 24.3 Å². The molecule has 4 amide bonds. The Morgan fingerprint density at radius 2 is 1.64 bits per heavy atom. The van der Waals surface area contributed by atoms with Gasteiger partial charge in [-0.1, -0.05) is 18.2 Å². The maximum Gasteiger partial charge on any atom is 0.262 e. The van der Waals surface area contributed by atoms with E-state index in [0.717, 1.165) is 96.9 Å². The van der Waals surface area contributed by atoms with Crippen LogP contribution in [0.4, 0.5) is 21.7 Å². The number of amides is 4. The van der Waals surface area contributed by atoms with Crippen molar-refractivity contribution in [1.82, 2.24) is 34.7 Å². The number of aromatic nitrogens is 4. The number of anilines is 3. The minimum Gasteiger partial charge on any atom is -0.373 e. The van der Waals surface area contributed by atoms with Gasteiger partial charge in [0, 0.05) is 64.5 Å². The van der Waals surface area contributed by atoms with Crippen molar-refractivity contribution in [1.29, 1.82) is 0 Å². The van der Waals surface area contributed by atoms with Gasteiger partial charge in [-0.25, -0.2) is 18.9 Å². The summed E-state index contributed by atoms with van der Waals surface area (Å²) in [6.45, 7) is 6.63. The molecule has 5 aliphatic heterocycles. The second-order valence-electron chi connectivity index (χ2n) is 15.8. The summed E-state index contributed by atoms with van der Waals surface area (Å²) in [5.41, 5.74) is 4.62. The highest BCUT2D eigenvalue weighted by atomic mass is 19.1. The molecule has 2 aromatic carbocycles. The number of nitrogens with one attached hydrogen (secondary N) is 1. The smallest absolute Gasteiger partial charge is 0.262 e. The van der Waals surface area contributed by atoms with Crippen molar-refractivity contribution >= 4 is 46.6 Å². The Balaban J connectivity index is 0.774. The van der Waals surface area contributed by atoms with Gasteiger partial charge in [0.1, 0.15) is 29.2 Å². The fraction of sp³-hybridized carbons (Fsp3) is 0.372. The number of carbonyl (C=O) groups excluding carboxylic acids is 4. The van der Waals surface area contributed by atoms with Crippen LogP contribution in [-0.2, 0) is 14.3 Å². The van der Waals surface area contributed by atoms with Crippen LogP contribution in [0.25, 0.3) is 17.0 Å². The van der Waals surface area contributed by atoms with Gasteiger partial charge in [0.15, 0.2) is 5.65 Å². The summed E-state index contributed by atoms with van der Waals surface area (Å²) in [7, 11) is 0. The lowest BCUT2D eigenvalue weighted by Gasteiger charge is -2.40. The molecule has 302 valence electrons. The Kier molecular flexibility index (Phi) is 9.52. The third kappa shape index (κ3) is 6.95. The highest BCUT2D eigenvalue weighted by Crippen LogP contribution is 2.36. The molecule has 0 radical (unpaired) electrons. The van der Waals surface area contributed by atoms with Gasteiger partial charge in [-0.3, -0.25) is 34.3 Å². The Bertz CT molecular complexity index is 2490. The average molecular weight is 799 g/mol. The number of carbonyl (C=O) groups is 4. The molecule has 1 N–H and O–H groups in total. The zero-order chi connectivity index (χ0) is 40.2. The van der Waals surface area contributed by atoms with Gasteiger partial charge < -0.3 is 19.4 Å². The number of piperidine rings is 1. The molecule has 15 nitrogen and oxygen atoms in total. The van der Waals surface area contributed by atoms with Crippen molar-refractivity contribution in [3.63, 3.8) is 0 Å². The molecular weight excluding hydrogens is 756 g/mol. The van der Waals surface area contributed by atoms with Gasteiger partial charge in [-0.2, -0.15) is 0 Å². The number of nitrogens with zero attached hydrogens (tertiary/aromatic N) is 9. The van der Waals surface area contributed by atoms with Crippen molar-refractivity contribution in [2.75, 3.05) is 73.7 Å². The number of piperazine rings is 1. The second-order valence-corrected chi connectivity index (χ2v) is 15.8. The summed E-state index contributed by atoms with van der Waals surface area (Å²) in [5.74, 6) is -0.570. The number of ether oxygens (including phenoxy) is 1. The number of rotatable bonds is 8. The Labute approximate surface area is 339 Å². The molecule has 59 heavy (non-hydrogen) atoms. The molecule has 4 saturated heterocycles. The quantitative estimate of drug-likeness (QED) is 0.228. The van der Waals surface area contributed by atoms with Crippen molar-refractivity contribution in [2.45, 2.75) is 43.9 Å². The van der Waals surface area contributed by atoms with E-state index >= 15 is 0 Å². The minimum absolute atomic E-state index is 0.0534. The Morgan fingerprint density at radius 3 is 2.49 bits per heavy atom. The number of hydrogen-bond acceptors (Lipinski definition) is 12. The minimum atomic E-state index is -0.996. The van der Waals surface area contributed by atoms with E-state index in [1.165, 1.54) is 6.07 Å². The van der Waals surface area contributed by atoms with Gasteiger partial charge in [-0.15, -0.1) is 5.10 Å². The maximum atomic E-state index is 14.1. The number of benzene rings is 2. The summed E-state index contributed by atoms with van der Waals surface area (Å²) in [4.78, 5) is 70.7. The Morgan fingerprint density at radius 1 is 0.797 bits per heavy atom. The Hall–Kier alpha value is -6.26. The number of imidazole rings is 1. The molecule has 10 rings (SSSR count). The first-order valence-electron chi connectivity index (χ1n) is 20.3.